The van der Waals surface area contributed by atoms with Gasteiger partial charge in [-0.3, -0.25) is 0 Å². The van der Waals surface area contributed by atoms with Crippen LogP contribution in [0.5, 0.6) is 0 Å². The molecule has 6 heterocycles. The second kappa shape index (κ2) is 26.9. The highest BCUT2D eigenvalue weighted by Gasteiger charge is 2.53. The van der Waals surface area contributed by atoms with Gasteiger partial charge in [0.25, 0.3) is 0 Å². The summed E-state index contributed by atoms with van der Waals surface area (Å²) in [6.45, 7) is 0. The highest BCUT2D eigenvalue weighted by Crippen LogP contribution is 2.66. The number of aromatic nitrogens is 5. The fraction of sp³-hybridized carbons (Fsp3) is 0.0177. The summed E-state index contributed by atoms with van der Waals surface area (Å²) in [7, 11) is 0. The molecule has 122 heavy (non-hydrogen) atoms. The van der Waals surface area contributed by atoms with Gasteiger partial charge in [-0.2, -0.15) is 0 Å². The van der Waals surface area contributed by atoms with Crippen molar-refractivity contribution in [3.63, 3.8) is 0 Å². The summed E-state index contributed by atoms with van der Waals surface area (Å²) in [6, 6.07) is 145. The Kier molecular flexibility index (Phi) is 15.3. The van der Waals surface area contributed by atoms with Crippen LogP contribution in [-0.2, 0) is 10.8 Å². The lowest BCUT2D eigenvalue weighted by molar-refractivity contribution is 0.670. The zero-order chi connectivity index (χ0) is 79.9. The average molecular weight is 1600 g/mol. The van der Waals surface area contributed by atoms with Gasteiger partial charge >= 0.3 is 0 Å². The largest absolute Gasteiger partial charge is 0.455 e. The topological polar surface area (TPSA) is 77.6 Å². The van der Waals surface area contributed by atoms with E-state index in [-0.39, 0.29) is 0 Å². The summed E-state index contributed by atoms with van der Waals surface area (Å²) in [4.78, 5) is 32.7. The highest BCUT2D eigenvalue weighted by molar-refractivity contribution is 8.00. The van der Waals surface area contributed by atoms with Gasteiger partial charge in [0.05, 0.1) is 22.2 Å². The van der Waals surface area contributed by atoms with Crippen LogP contribution >= 0.6 is 34.9 Å². The van der Waals surface area contributed by atoms with Crippen LogP contribution in [0.25, 0.3) is 187 Å². The predicted octanol–water partition coefficient (Wildman–Crippen LogP) is 29.9. The lowest BCUT2D eigenvalue weighted by Crippen LogP contribution is -2.32. The first-order valence-electron chi connectivity index (χ1n) is 41.4. The maximum atomic E-state index is 7.25. The average Bonchev–Trinajstić information content (AvgIpc) is 1.50. The van der Waals surface area contributed by atoms with Crippen molar-refractivity contribution in [3.05, 3.63) is 439 Å². The van der Waals surface area contributed by atoms with E-state index in [1.54, 1.807) is 0 Å². The van der Waals surface area contributed by atoms with Gasteiger partial charge in [0.15, 0.2) is 23.3 Å². The molecular formula is C113H65N5OS3. The van der Waals surface area contributed by atoms with E-state index in [1.807, 2.05) is 40.9 Å². The fourth-order valence-corrected chi connectivity index (χ4v) is 24.2. The van der Waals surface area contributed by atoms with Crippen LogP contribution in [0.1, 0.15) is 44.5 Å². The number of rotatable bonds is 9. The fourth-order valence-electron chi connectivity index (χ4n) is 20.4. The van der Waals surface area contributed by atoms with Gasteiger partial charge in [-0.05, 0) is 195 Å². The maximum absolute atomic E-state index is 7.25. The van der Waals surface area contributed by atoms with Gasteiger partial charge in [-0.1, -0.05) is 339 Å². The minimum atomic E-state index is -0.756. The summed E-state index contributed by atoms with van der Waals surface area (Å²) in [6.07, 6.45) is 0. The minimum Gasteiger partial charge on any atom is -0.455 e. The number of benzene rings is 18. The number of fused-ring (bicyclic) bond motifs is 28. The molecule has 566 valence electrons. The highest BCUT2D eigenvalue weighted by atomic mass is 32.2. The first kappa shape index (κ1) is 69.3. The Labute approximate surface area is 715 Å². The molecule has 2 aliphatic heterocycles. The van der Waals surface area contributed by atoms with Crippen LogP contribution in [0.3, 0.4) is 0 Å². The zero-order valence-corrected chi connectivity index (χ0v) is 67.8. The third kappa shape index (κ3) is 10.4. The maximum Gasteiger partial charge on any atom is 0.164 e. The molecule has 22 aromatic rings. The number of hydrogen-bond donors (Lipinski definition) is 0. The van der Waals surface area contributed by atoms with E-state index in [2.05, 4.69) is 388 Å². The molecule has 9 heteroatoms. The van der Waals surface area contributed by atoms with Crippen molar-refractivity contribution in [1.82, 2.24) is 24.9 Å². The first-order chi connectivity index (χ1) is 60.4. The predicted molar refractivity (Wildman–Crippen MR) is 502 cm³/mol. The van der Waals surface area contributed by atoms with E-state index in [0.29, 0.717) is 23.3 Å². The lowest BCUT2D eigenvalue weighted by Gasteiger charge is -2.40. The van der Waals surface area contributed by atoms with Crippen LogP contribution in [0.4, 0.5) is 0 Å². The molecule has 2 unspecified atom stereocenters. The molecule has 18 aromatic carbocycles. The lowest BCUT2D eigenvalue weighted by atomic mass is 9.66. The summed E-state index contributed by atoms with van der Waals surface area (Å²) < 4.78 is 9.76. The molecule has 6 nitrogen and oxygen atoms in total. The smallest absolute Gasteiger partial charge is 0.164 e. The first-order valence-corrected chi connectivity index (χ1v) is 43.8. The quantitative estimate of drug-likeness (QED) is 0.141. The Balaban J connectivity index is 0.618. The third-order valence-corrected chi connectivity index (χ3v) is 29.4. The van der Waals surface area contributed by atoms with Crippen molar-refractivity contribution in [3.8, 4) is 124 Å². The Bertz CT molecular complexity index is 8240. The van der Waals surface area contributed by atoms with E-state index in [9.17, 15) is 0 Å². The van der Waals surface area contributed by atoms with Gasteiger partial charge in [-0.25, -0.2) is 24.9 Å². The molecule has 0 bridgehead atoms. The van der Waals surface area contributed by atoms with E-state index < -0.39 is 10.8 Å². The van der Waals surface area contributed by atoms with Gasteiger partial charge < -0.3 is 4.42 Å². The van der Waals surface area contributed by atoms with Crippen LogP contribution in [0.2, 0.25) is 0 Å². The van der Waals surface area contributed by atoms with Crippen molar-refractivity contribution in [2.75, 3.05) is 0 Å². The molecule has 0 radical (unpaired) electrons. The second-order valence-electron chi connectivity index (χ2n) is 32.3. The summed E-state index contributed by atoms with van der Waals surface area (Å²) in [5.74, 6) is 2.40. The zero-order valence-electron chi connectivity index (χ0n) is 65.4. The van der Waals surface area contributed by atoms with Gasteiger partial charge in [0.2, 0.25) is 0 Å². The van der Waals surface area contributed by atoms with Crippen molar-refractivity contribution in [2.45, 2.75) is 30.4 Å². The summed E-state index contributed by atoms with van der Waals surface area (Å²) >= 11 is 5.59. The van der Waals surface area contributed by atoms with Crippen LogP contribution in [0.15, 0.2) is 418 Å². The standard InChI is InChI=1S/C113H65N5OS3/c1-4-23-66(24-5-1)76-57-77(59-78(58-76)111-117-108(70-29-8-3-9-30-70)116-110(118-111)75-45-51-84-82-33-14-17-38-90(82)112(95(84)63-75)92-40-19-21-42-102(92)121-106-80-31-12-10-25-67(80)46-53-93(106)112)79-36-22-37-88-89-60-71(48-55-100(89)119-105(79)88)72-49-56-103-97(61-72)113(94-54-47-68-26-11-13-32-81(68)107(94)122-103)91-39-18-15-34-83(91)85-50-44-74(62-96(85)113)109-114-98(69-27-6-2-7-28-69)65-99(115-109)73-43-52-87-86-35-16-20-41-101(86)120-104(87)64-73/h1-65H. The molecule has 26 rings (SSSR count). The number of para-hydroxylation sites is 1. The summed E-state index contributed by atoms with van der Waals surface area (Å²) in [5, 5.41) is 9.50. The van der Waals surface area contributed by atoms with Crippen molar-refractivity contribution in [1.29, 1.82) is 0 Å². The molecule has 0 fully saturated rings. The number of nitrogens with zero attached hydrogens (tertiary/aromatic N) is 5. The number of hydrogen-bond acceptors (Lipinski definition) is 9. The Hall–Kier alpha value is -14.7. The molecule has 4 aliphatic rings. The van der Waals surface area contributed by atoms with Crippen LogP contribution < -0.4 is 0 Å². The Morgan fingerprint density at radius 2 is 0.680 bits per heavy atom. The molecule has 0 saturated heterocycles. The second-order valence-corrected chi connectivity index (χ2v) is 35.5. The minimum absolute atomic E-state index is 0.560. The van der Waals surface area contributed by atoms with E-state index in [4.69, 9.17) is 29.3 Å². The van der Waals surface area contributed by atoms with Crippen LogP contribution in [-0.4, -0.2) is 24.9 Å². The molecule has 2 atom stereocenters. The summed E-state index contributed by atoms with van der Waals surface area (Å²) in [5.41, 5.74) is 28.7. The van der Waals surface area contributed by atoms with E-state index in [1.165, 1.54) is 128 Å². The molecule has 0 N–H and O–H groups in total. The normalized spacial score (nSPS) is 15.0. The molecule has 4 aromatic heterocycles. The number of thiophene rings is 1. The van der Waals surface area contributed by atoms with E-state index in [0.717, 1.165) is 100 Å². The molecule has 0 saturated carbocycles. The molecular weight excluding hydrogens is 1540 g/mol. The Morgan fingerprint density at radius 1 is 0.213 bits per heavy atom. The Morgan fingerprint density at radius 3 is 1.37 bits per heavy atom. The van der Waals surface area contributed by atoms with E-state index >= 15 is 0 Å². The third-order valence-electron chi connectivity index (χ3n) is 25.8. The van der Waals surface area contributed by atoms with Gasteiger partial charge in [0, 0.05) is 89.5 Å². The monoisotopic (exact) mass is 1600 g/mol. The van der Waals surface area contributed by atoms with Crippen LogP contribution in [0, 0.1) is 0 Å². The van der Waals surface area contributed by atoms with Gasteiger partial charge in [-0.15, -0.1) is 11.3 Å². The number of furan rings is 1. The SMILES string of the molecule is c1ccc(-c2cc(-c3nc(-c4ccccc4)nc(-c4ccc5c(c4)C4(c6ccccc6Sc6c4ccc4ccccc64)c4ccccc4-5)n3)cc(-c3cccc4c3oc3ccc(-c5ccc6c(c5)C5(c7ccccc7-c7ccc(-c8nc(-c9ccccc9)cc(-c9ccc%10c(c9)sc9ccccc9%10)n8)cc75)c5ccc7ccccc7c5S6)cc34)c2)cc1. The van der Waals surface area contributed by atoms with Crippen molar-refractivity contribution < 1.29 is 4.42 Å². The molecule has 2 aliphatic carbocycles. The molecule has 0 amide bonds. The van der Waals surface area contributed by atoms with Gasteiger partial charge in [0.1, 0.15) is 11.2 Å². The van der Waals surface area contributed by atoms with Crippen molar-refractivity contribution >= 4 is 98.5 Å². The molecule has 2 spiro atoms. The van der Waals surface area contributed by atoms with Crippen molar-refractivity contribution in [2.24, 2.45) is 0 Å².